The van der Waals surface area contributed by atoms with Crippen LogP contribution in [-0.2, 0) is 15.6 Å². The van der Waals surface area contributed by atoms with Gasteiger partial charge in [0, 0.05) is 5.69 Å². The van der Waals surface area contributed by atoms with Crippen molar-refractivity contribution in [3.63, 3.8) is 0 Å². The fourth-order valence-electron chi connectivity index (χ4n) is 1.70. The zero-order valence-corrected chi connectivity index (χ0v) is 10.6. The first-order valence-electron chi connectivity index (χ1n) is 5.40. The summed E-state index contributed by atoms with van der Waals surface area (Å²) in [4.78, 5) is -0.0169. The second-order valence-electron chi connectivity index (χ2n) is 4.11. The average Bonchev–Trinajstić information content (AvgIpc) is 2.27. The fourth-order valence-corrected chi connectivity index (χ4v) is 3.03. The van der Waals surface area contributed by atoms with Crippen molar-refractivity contribution in [2.75, 3.05) is 5.73 Å². The maximum atomic E-state index is 13.1. The van der Waals surface area contributed by atoms with Gasteiger partial charge in [-0.05, 0) is 48.0 Å². The van der Waals surface area contributed by atoms with Crippen LogP contribution in [0.1, 0.15) is 5.56 Å². The summed E-state index contributed by atoms with van der Waals surface area (Å²) in [6, 6.07) is 8.08. The molecule has 0 fully saturated rings. The quantitative estimate of drug-likeness (QED) is 0.695. The number of benzene rings is 2. The van der Waals surface area contributed by atoms with Crippen LogP contribution in [0.3, 0.4) is 0 Å². The van der Waals surface area contributed by atoms with Gasteiger partial charge in [-0.25, -0.2) is 17.2 Å². The van der Waals surface area contributed by atoms with E-state index in [1.54, 1.807) is 0 Å². The third-order valence-electron chi connectivity index (χ3n) is 2.51. The van der Waals surface area contributed by atoms with Gasteiger partial charge in [0.05, 0.1) is 10.6 Å². The van der Waals surface area contributed by atoms with Crippen LogP contribution in [0.5, 0.6) is 0 Å². The van der Waals surface area contributed by atoms with Crippen molar-refractivity contribution in [2.24, 2.45) is 0 Å². The largest absolute Gasteiger partial charge is 0.399 e. The standard InChI is InChI=1S/C13H11F2NO2S/c14-10-1-3-13(4-2-10)19(17,18)8-9-5-11(15)7-12(16)6-9/h1-7H,8,16H2. The van der Waals surface area contributed by atoms with E-state index in [4.69, 9.17) is 5.73 Å². The highest BCUT2D eigenvalue weighted by Crippen LogP contribution is 2.19. The summed E-state index contributed by atoms with van der Waals surface area (Å²) in [5.74, 6) is -1.50. The summed E-state index contributed by atoms with van der Waals surface area (Å²) in [7, 11) is -3.65. The third-order valence-corrected chi connectivity index (χ3v) is 4.21. The van der Waals surface area contributed by atoms with Crippen LogP contribution < -0.4 is 5.73 Å². The van der Waals surface area contributed by atoms with Crippen molar-refractivity contribution < 1.29 is 17.2 Å². The van der Waals surface area contributed by atoms with E-state index < -0.39 is 21.5 Å². The van der Waals surface area contributed by atoms with Crippen molar-refractivity contribution >= 4 is 15.5 Å². The Morgan fingerprint density at radius 2 is 1.58 bits per heavy atom. The fraction of sp³-hybridized carbons (Fsp3) is 0.0769. The van der Waals surface area contributed by atoms with Gasteiger partial charge in [-0.15, -0.1) is 0 Å². The summed E-state index contributed by atoms with van der Waals surface area (Å²) in [5.41, 5.74) is 5.86. The Kier molecular flexibility index (Phi) is 3.53. The van der Waals surface area contributed by atoms with E-state index in [9.17, 15) is 17.2 Å². The lowest BCUT2D eigenvalue weighted by Crippen LogP contribution is -2.05. The Bertz CT molecular complexity index is 677. The minimum atomic E-state index is -3.65. The number of hydrogen-bond acceptors (Lipinski definition) is 3. The Hall–Kier alpha value is -1.95. The van der Waals surface area contributed by atoms with Crippen LogP contribution in [0, 0.1) is 11.6 Å². The molecular weight excluding hydrogens is 272 g/mol. The Labute approximate surface area is 109 Å². The molecule has 0 saturated carbocycles. The van der Waals surface area contributed by atoms with Gasteiger partial charge >= 0.3 is 0 Å². The number of anilines is 1. The van der Waals surface area contributed by atoms with Gasteiger partial charge in [-0.2, -0.15) is 0 Å². The van der Waals surface area contributed by atoms with E-state index in [0.717, 1.165) is 24.3 Å². The first-order chi connectivity index (χ1) is 8.87. The zero-order valence-electron chi connectivity index (χ0n) is 9.81. The van der Waals surface area contributed by atoms with Crippen molar-refractivity contribution in [2.45, 2.75) is 10.6 Å². The summed E-state index contributed by atoms with van der Waals surface area (Å²) in [5, 5.41) is 0. The first kappa shape index (κ1) is 13.5. The normalized spacial score (nSPS) is 11.5. The molecule has 0 spiro atoms. The smallest absolute Gasteiger partial charge is 0.182 e. The molecule has 2 rings (SSSR count). The summed E-state index contributed by atoms with van der Waals surface area (Å²) >= 11 is 0. The van der Waals surface area contributed by atoms with E-state index >= 15 is 0 Å². The molecule has 19 heavy (non-hydrogen) atoms. The van der Waals surface area contributed by atoms with Crippen LogP contribution in [0.25, 0.3) is 0 Å². The topological polar surface area (TPSA) is 60.2 Å². The second-order valence-corrected chi connectivity index (χ2v) is 6.10. The SMILES string of the molecule is Nc1cc(F)cc(CS(=O)(=O)c2ccc(F)cc2)c1. The van der Waals surface area contributed by atoms with Gasteiger partial charge in [0.15, 0.2) is 9.84 Å². The van der Waals surface area contributed by atoms with Crippen LogP contribution in [0.15, 0.2) is 47.4 Å². The minimum absolute atomic E-state index is 0.0169. The molecule has 0 atom stereocenters. The zero-order chi connectivity index (χ0) is 14.0. The van der Waals surface area contributed by atoms with Crippen molar-refractivity contribution in [1.82, 2.24) is 0 Å². The molecular formula is C13H11F2NO2S. The molecule has 0 aliphatic heterocycles. The summed E-state index contributed by atoms with van der Waals surface area (Å²) in [6.45, 7) is 0. The van der Waals surface area contributed by atoms with E-state index in [1.807, 2.05) is 0 Å². The summed E-state index contributed by atoms with van der Waals surface area (Å²) in [6.07, 6.45) is 0. The number of sulfone groups is 1. The molecule has 3 nitrogen and oxygen atoms in total. The molecule has 0 aromatic heterocycles. The molecule has 0 amide bonds. The highest BCUT2D eigenvalue weighted by molar-refractivity contribution is 7.90. The number of halogens is 2. The minimum Gasteiger partial charge on any atom is -0.399 e. The summed E-state index contributed by atoms with van der Waals surface area (Å²) < 4.78 is 50.0. The highest BCUT2D eigenvalue weighted by atomic mass is 32.2. The van der Waals surface area contributed by atoms with E-state index in [-0.39, 0.29) is 21.9 Å². The molecule has 0 saturated heterocycles. The molecule has 0 aliphatic carbocycles. The number of hydrogen-bond donors (Lipinski definition) is 1. The van der Waals surface area contributed by atoms with Gasteiger partial charge in [0.2, 0.25) is 0 Å². The third kappa shape index (κ3) is 3.29. The molecule has 0 unspecified atom stereocenters. The molecule has 0 heterocycles. The second kappa shape index (κ2) is 4.97. The average molecular weight is 283 g/mol. The monoisotopic (exact) mass is 283 g/mol. The maximum absolute atomic E-state index is 13.1. The van der Waals surface area contributed by atoms with E-state index in [2.05, 4.69) is 0 Å². The van der Waals surface area contributed by atoms with Crippen molar-refractivity contribution in [3.05, 3.63) is 59.7 Å². The number of rotatable bonds is 3. The maximum Gasteiger partial charge on any atom is 0.182 e. The Morgan fingerprint density at radius 1 is 0.947 bits per heavy atom. The Morgan fingerprint density at radius 3 is 2.16 bits per heavy atom. The molecule has 0 radical (unpaired) electrons. The lowest BCUT2D eigenvalue weighted by molar-refractivity contribution is 0.593. The first-order valence-corrected chi connectivity index (χ1v) is 7.05. The van der Waals surface area contributed by atoms with Crippen LogP contribution in [-0.4, -0.2) is 8.42 Å². The molecule has 6 heteroatoms. The van der Waals surface area contributed by atoms with E-state index in [1.165, 1.54) is 18.2 Å². The van der Waals surface area contributed by atoms with Crippen LogP contribution >= 0.6 is 0 Å². The predicted molar refractivity (Wildman–Crippen MR) is 68.1 cm³/mol. The van der Waals surface area contributed by atoms with Crippen molar-refractivity contribution in [3.8, 4) is 0 Å². The van der Waals surface area contributed by atoms with Crippen LogP contribution in [0.4, 0.5) is 14.5 Å². The van der Waals surface area contributed by atoms with Gasteiger partial charge in [0.25, 0.3) is 0 Å². The number of nitrogen functional groups attached to an aromatic ring is 1. The lowest BCUT2D eigenvalue weighted by Gasteiger charge is -2.06. The van der Waals surface area contributed by atoms with Gasteiger partial charge in [0.1, 0.15) is 11.6 Å². The lowest BCUT2D eigenvalue weighted by atomic mass is 10.2. The highest BCUT2D eigenvalue weighted by Gasteiger charge is 2.16. The molecule has 2 aromatic carbocycles. The molecule has 2 N–H and O–H groups in total. The molecule has 2 aromatic rings. The van der Waals surface area contributed by atoms with E-state index in [0.29, 0.717) is 0 Å². The van der Waals surface area contributed by atoms with Crippen molar-refractivity contribution in [1.29, 1.82) is 0 Å². The molecule has 100 valence electrons. The Balaban J connectivity index is 2.33. The molecule has 0 bridgehead atoms. The van der Waals surface area contributed by atoms with Gasteiger partial charge in [-0.1, -0.05) is 0 Å². The number of nitrogens with two attached hydrogens (primary N) is 1. The van der Waals surface area contributed by atoms with Gasteiger partial charge < -0.3 is 5.73 Å². The molecule has 0 aliphatic rings. The van der Waals surface area contributed by atoms with Crippen LogP contribution in [0.2, 0.25) is 0 Å². The van der Waals surface area contributed by atoms with Gasteiger partial charge in [-0.3, -0.25) is 0 Å². The predicted octanol–water partition coefficient (Wildman–Crippen LogP) is 2.52.